The van der Waals surface area contributed by atoms with E-state index in [1.54, 1.807) is 18.2 Å². The van der Waals surface area contributed by atoms with E-state index < -0.39 is 0 Å². The van der Waals surface area contributed by atoms with Gasteiger partial charge >= 0.3 is 0 Å². The molecule has 2 rings (SSSR count). The maximum atomic E-state index is 12.0. The molecule has 0 radical (unpaired) electrons. The van der Waals surface area contributed by atoms with Crippen molar-refractivity contribution in [1.82, 2.24) is 9.55 Å². The van der Waals surface area contributed by atoms with Crippen LogP contribution < -0.4 is 5.56 Å². The summed E-state index contributed by atoms with van der Waals surface area (Å²) >= 11 is 0. The summed E-state index contributed by atoms with van der Waals surface area (Å²) < 4.78 is 1.48. The van der Waals surface area contributed by atoms with Crippen LogP contribution in [0.3, 0.4) is 0 Å². The Morgan fingerprint density at radius 2 is 2.12 bits per heavy atom. The molecule has 0 saturated carbocycles. The molecule has 2 aromatic rings. The average Bonchev–Trinajstić information content (AvgIpc) is 2.28. The van der Waals surface area contributed by atoms with Gasteiger partial charge in [-0.2, -0.15) is 0 Å². The van der Waals surface area contributed by atoms with Crippen LogP contribution in [0.15, 0.2) is 35.4 Å². The molecule has 0 aliphatic heterocycles. The monoisotopic (exact) mass is 216 g/mol. The molecule has 0 N–H and O–H groups in total. The van der Waals surface area contributed by atoms with E-state index in [1.807, 2.05) is 6.07 Å². The number of rotatable bonds is 3. The van der Waals surface area contributed by atoms with Gasteiger partial charge in [0, 0.05) is 13.0 Å². The minimum Gasteiger partial charge on any atom is -0.300 e. The zero-order valence-electron chi connectivity index (χ0n) is 9.01. The number of fused-ring (bicyclic) bond motifs is 1. The first-order valence-electron chi connectivity index (χ1n) is 5.12. The van der Waals surface area contributed by atoms with Crippen molar-refractivity contribution >= 4 is 16.7 Å². The summed E-state index contributed by atoms with van der Waals surface area (Å²) in [6.45, 7) is 1.91. The van der Waals surface area contributed by atoms with Crippen LogP contribution in [0.1, 0.15) is 13.3 Å². The van der Waals surface area contributed by atoms with Crippen LogP contribution in [0.2, 0.25) is 0 Å². The number of ketones is 1. The van der Waals surface area contributed by atoms with E-state index in [0.717, 1.165) is 0 Å². The zero-order valence-corrected chi connectivity index (χ0v) is 9.01. The van der Waals surface area contributed by atoms with Crippen LogP contribution in [-0.2, 0) is 11.3 Å². The van der Waals surface area contributed by atoms with Gasteiger partial charge in [0.25, 0.3) is 5.56 Å². The molecule has 1 aromatic heterocycles. The fraction of sp³-hybridized carbons (Fsp3) is 0.250. The quantitative estimate of drug-likeness (QED) is 0.778. The number of carbonyl (C=O) groups is 1. The number of hydrogen-bond acceptors (Lipinski definition) is 3. The first-order valence-corrected chi connectivity index (χ1v) is 5.12. The second-order valence-electron chi connectivity index (χ2n) is 3.71. The van der Waals surface area contributed by atoms with E-state index in [2.05, 4.69) is 4.98 Å². The molecule has 0 spiro atoms. The molecule has 0 aliphatic rings. The molecule has 0 bridgehead atoms. The van der Waals surface area contributed by atoms with E-state index >= 15 is 0 Å². The van der Waals surface area contributed by atoms with Gasteiger partial charge in [-0.15, -0.1) is 0 Å². The Balaban J connectivity index is 2.45. The van der Waals surface area contributed by atoms with Gasteiger partial charge in [-0.3, -0.25) is 14.2 Å². The Hall–Kier alpha value is -1.97. The van der Waals surface area contributed by atoms with E-state index in [0.29, 0.717) is 23.9 Å². The van der Waals surface area contributed by atoms with Gasteiger partial charge in [0.1, 0.15) is 5.78 Å². The second-order valence-corrected chi connectivity index (χ2v) is 3.71. The molecular formula is C12H12N2O2. The molecule has 0 saturated heterocycles. The van der Waals surface area contributed by atoms with E-state index in [9.17, 15) is 9.59 Å². The van der Waals surface area contributed by atoms with Gasteiger partial charge < -0.3 is 0 Å². The number of para-hydroxylation sites is 1. The summed E-state index contributed by atoms with van der Waals surface area (Å²) in [5.74, 6) is 0.0695. The number of carbonyl (C=O) groups excluding carboxylic acids is 1. The number of aromatic nitrogens is 2. The molecule has 4 nitrogen and oxygen atoms in total. The summed E-state index contributed by atoms with van der Waals surface area (Å²) in [4.78, 5) is 27.0. The van der Waals surface area contributed by atoms with Crippen LogP contribution >= 0.6 is 0 Å². The highest BCUT2D eigenvalue weighted by molar-refractivity contribution is 5.77. The summed E-state index contributed by atoms with van der Waals surface area (Å²) in [7, 11) is 0. The molecule has 0 atom stereocenters. The fourth-order valence-corrected chi connectivity index (χ4v) is 1.54. The maximum absolute atomic E-state index is 12.0. The van der Waals surface area contributed by atoms with E-state index in [-0.39, 0.29) is 11.3 Å². The summed E-state index contributed by atoms with van der Waals surface area (Å²) in [6, 6.07) is 7.19. The molecule has 0 unspecified atom stereocenters. The van der Waals surface area contributed by atoms with Gasteiger partial charge in [-0.05, 0) is 19.1 Å². The minimum absolute atomic E-state index is 0.0695. The summed E-state index contributed by atoms with van der Waals surface area (Å²) in [6.07, 6.45) is 1.85. The Labute approximate surface area is 92.5 Å². The highest BCUT2D eigenvalue weighted by atomic mass is 16.1. The van der Waals surface area contributed by atoms with E-state index in [1.165, 1.54) is 17.8 Å². The molecule has 4 heteroatoms. The molecule has 82 valence electrons. The smallest absolute Gasteiger partial charge is 0.261 e. The lowest BCUT2D eigenvalue weighted by atomic mass is 10.2. The first kappa shape index (κ1) is 10.5. The van der Waals surface area contributed by atoms with Crippen molar-refractivity contribution in [3.8, 4) is 0 Å². The number of Topliss-reactive ketones (excluding diaryl/α,β-unsaturated/α-hetero) is 1. The Bertz CT molecular complexity index is 587. The number of benzene rings is 1. The first-order chi connectivity index (χ1) is 7.68. The topological polar surface area (TPSA) is 52.0 Å². The van der Waals surface area contributed by atoms with Crippen molar-refractivity contribution < 1.29 is 4.79 Å². The van der Waals surface area contributed by atoms with Gasteiger partial charge in [-0.25, -0.2) is 4.98 Å². The summed E-state index contributed by atoms with van der Waals surface area (Å²) in [5.41, 5.74) is 0.596. The Morgan fingerprint density at radius 3 is 2.88 bits per heavy atom. The van der Waals surface area contributed by atoms with Crippen molar-refractivity contribution in [2.24, 2.45) is 0 Å². The van der Waals surface area contributed by atoms with Crippen LogP contribution in [0.5, 0.6) is 0 Å². The lowest BCUT2D eigenvalue weighted by Gasteiger charge is -2.04. The van der Waals surface area contributed by atoms with Crippen molar-refractivity contribution in [3.63, 3.8) is 0 Å². The highest BCUT2D eigenvalue weighted by Gasteiger charge is 2.03. The van der Waals surface area contributed by atoms with Crippen LogP contribution in [0.4, 0.5) is 0 Å². The van der Waals surface area contributed by atoms with Gasteiger partial charge in [0.2, 0.25) is 0 Å². The Morgan fingerprint density at radius 1 is 1.38 bits per heavy atom. The largest absolute Gasteiger partial charge is 0.300 e. The van der Waals surface area contributed by atoms with Crippen molar-refractivity contribution in [1.29, 1.82) is 0 Å². The van der Waals surface area contributed by atoms with Gasteiger partial charge in [0.15, 0.2) is 0 Å². The maximum Gasteiger partial charge on any atom is 0.261 e. The van der Waals surface area contributed by atoms with E-state index in [4.69, 9.17) is 0 Å². The lowest BCUT2D eigenvalue weighted by Crippen LogP contribution is -2.21. The third kappa shape index (κ3) is 2.00. The SMILES string of the molecule is CC(=O)CCn1cnc2ccccc2c1=O. The van der Waals surface area contributed by atoms with Crippen molar-refractivity contribution in [2.75, 3.05) is 0 Å². The molecule has 0 aliphatic carbocycles. The van der Waals surface area contributed by atoms with Crippen LogP contribution in [0.25, 0.3) is 10.9 Å². The minimum atomic E-state index is -0.0909. The third-order valence-corrected chi connectivity index (χ3v) is 2.44. The second kappa shape index (κ2) is 4.26. The predicted molar refractivity (Wildman–Crippen MR) is 61.3 cm³/mol. The highest BCUT2D eigenvalue weighted by Crippen LogP contribution is 2.04. The predicted octanol–water partition coefficient (Wildman–Crippen LogP) is 1.38. The summed E-state index contributed by atoms with van der Waals surface area (Å²) in [5, 5.41) is 0.591. The molecule has 0 fully saturated rings. The van der Waals surface area contributed by atoms with Crippen LogP contribution in [0, 0.1) is 0 Å². The number of aryl methyl sites for hydroxylation is 1. The lowest BCUT2D eigenvalue weighted by molar-refractivity contribution is -0.117. The van der Waals surface area contributed by atoms with Crippen molar-refractivity contribution in [2.45, 2.75) is 19.9 Å². The van der Waals surface area contributed by atoms with Crippen molar-refractivity contribution in [3.05, 3.63) is 40.9 Å². The van der Waals surface area contributed by atoms with Gasteiger partial charge in [-0.1, -0.05) is 12.1 Å². The molecule has 0 amide bonds. The van der Waals surface area contributed by atoms with Gasteiger partial charge in [0.05, 0.1) is 17.2 Å². The molecule has 1 heterocycles. The average molecular weight is 216 g/mol. The standard InChI is InChI=1S/C12H12N2O2/c1-9(15)6-7-14-8-13-11-5-3-2-4-10(11)12(14)16/h2-5,8H,6-7H2,1H3. The fourth-order valence-electron chi connectivity index (χ4n) is 1.54. The normalized spacial score (nSPS) is 10.6. The molecule has 1 aromatic carbocycles. The number of nitrogens with zero attached hydrogens (tertiary/aromatic N) is 2. The zero-order chi connectivity index (χ0) is 11.5. The molecule has 16 heavy (non-hydrogen) atoms. The number of hydrogen-bond donors (Lipinski definition) is 0. The third-order valence-electron chi connectivity index (χ3n) is 2.44. The van der Waals surface area contributed by atoms with Crippen LogP contribution in [-0.4, -0.2) is 15.3 Å². The molecular weight excluding hydrogens is 204 g/mol. The Kier molecular flexibility index (Phi) is 2.81.